The average molecular weight is 689 g/mol. The molecule has 0 saturated heterocycles. The summed E-state index contributed by atoms with van der Waals surface area (Å²) in [5.41, 5.74) is 13.0. The molecule has 0 aliphatic carbocycles. The third-order valence-electron chi connectivity index (χ3n) is 10.4. The lowest BCUT2D eigenvalue weighted by atomic mass is 9.86. The molecule has 0 unspecified atom stereocenters. The lowest BCUT2D eigenvalue weighted by Gasteiger charge is -2.22. The molecule has 52 heavy (non-hydrogen) atoms. The highest BCUT2D eigenvalue weighted by Crippen LogP contribution is 2.39. The molecule has 0 amide bonds. The van der Waals surface area contributed by atoms with Gasteiger partial charge in [0.15, 0.2) is 0 Å². The van der Waals surface area contributed by atoms with Gasteiger partial charge in [-0.25, -0.2) is 9.67 Å². The minimum atomic E-state index is -0.102. The Morgan fingerprint density at radius 2 is 1.37 bits per heavy atom. The molecule has 266 valence electrons. The fourth-order valence-corrected chi connectivity index (χ4v) is 7.50. The number of aromatic nitrogens is 4. The van der Waals surface area contributed by atoms with Gasteiger partial charge in [-0.05, 0) is 115 Å². The molecule has 5 nitrogen and oxygen atoms in total. The van der Waals surface area contributed by atoms with Crippen molar-refractivity contribution in [2.75, 3.05) is 0 Å². The van der Waals surface area contributed by atoms with Crippen LogP contribution in [0.1, 0.15) is 94.9 Å². The molecule has 0 radical (unpaired) electrons. The van der Waals surface area contributed by atoms with Gasteiger partial charge in [0.1, 0.15) is 17.3 Å². The van der Waals surface area contributed by atoms with Crippen molar-refractivity contribution in [3.63, 3.8) is 0 Å². The number of fused-ring (bicyclic) bond motifs is 3. The molecule has 5 heteroatoms. The second-order valence-electron chi connectivity index (χ2n) is 16.4. The number of hydrogen-bond donors (Lipinski definition) is 0. The summed E-state index contributed by atoms with van der Waals surface area (Å²) < 4.78 is 11.3. The summed E-state index contributed by atoms with van der Waals surface area (Å²) in [6, 6.07) is 32.5. The van der Waals surface area contributed by atoms with Gasteiger partial charge in [0, 0.05) is 34.7 Å². The maximum absolute atomic E-state index is 6.86. The van der Waals surface area contributed by atoms with E-state index in [0.717, 1.165) is 59.0 Å². The van der Waals surface area contributed by atoms with Gasteiger partial charge in [0.2, 0.25) is 0 Å². The number of ether oxygens (including phenoxy) is 1. The van der Waals surface area contributed by atoms with Crippen molar-refractivity contribution in [3.8, 4) is 34.1 Å². The highest BCUT2D eigenvalue weighted by atomic mass is 16.5. The molecule has 0 saturated carbocycles. The van der Waals surface area contributed by atoms with Crippen molar-refractivity contribution in [1.82, 2.24) is 19.3 Å². The molecule has 0 bridgehead atoms. The first-order valence-corrected chi connectivity index (χ1v) is 18.7. The number of hydrogen-bond acceptors (Lipinski definition) is 3. The van der Waals surface area contributed by atoms with Crippen LogP contribution >= 0.6 is 0 Å². The Kier molecular flexibility index (Phi) is 9.10. The predicted molar refractivity (Wildman–Crippen MR) is 218 cm³/mol. The topological polar surface area (TPSA) is 44.9 Å². The zero-order valence-electron chi connectivity index (χ0n) is 32.6. The van der Waals surface area contributed by atoms with Crippen LogP contribution in [-0.2, 0) is 17.3 Å². The molecule has 0 N–H and O–H groups in total. The lowest BCUT2D eigenvalue weighted by molar-refractivity contribution is 0.478. The smallest absolute Gasteiger partial charge is 0.137 e. The van der Waals surface area contributed by atoms with Crippen LogP contribution in [0.25, 0.3) is 44.4 Å². The van der Waals surface area contributed by atoms with Crippen molar-refractivity contribution in [1.29, 1.82) is 0 Å². The number of rotatable bonds is 8. The zero-order chi connectivity index (χ0) is 36.9. The second-order valence-corrected chi connectivity index (χ2v) is 16.4. The monoisotopic (exact) mass is 688 g/mol. The van der Waals surface area contributed by atoms with E-state index >= 15 is 0 Å². The van der Waals surface area contributed by atoms with Crippen LogP contribution < -0.4 is 4.74 Å². The minimum absolute atomic E-state index is 0.00351. The van der Waals surface area contributed by atoms with E-state index in [4.69, 9.17) is 14.8 Å². The summed E-state index contributed by atoms with van der Waals surface area (Å²) in [5.74, 6) is 2.47. The van der Waals surface area contributed by atoms with Crippen molar-refractivity contribution in [3.05, 3.63) is 131 Å². The maximum atomic E-state index is 6.86. The lowest BCUT2D eigenvalue weighted by Crippen LogP contribution is -2.13. The third kappa shape index (κ3) is 6.53. The van der Waals surface area contributed by atoms with Crippen LogP contribution in [0.4, 0.5) is 0 Å². The number of nitrogens with zero attached hydrogens (tertiary/aromatic N) is 4. The molecule has 0 spiro atoms. The zero-order valence-corrected chi connectivity index (χ0v) is 32.6. The van der Waals surface area contributed by atoms with Gasteiger partial charge in [0.25, 0.3) is 0 Å². The number of para-hydroxylation sites is 1. The van der Waals surface area contributed by atoms with Crippen molar-refractivity contribution < 1.29 is 4.74 Å². The van der Waals surface area contributed by atoms with Gasteiger partial charge in [-0.3, -0.25) is 4.57 Å². The van der Waals surface area contributed by atoms with Gasteiger partial charge in [-0.1, -0.05) is 91.3 Å². The molecule has 4 aromatic carbocycles. The second kappa shape index (κ2) is 13.4. The van der Waals surface area contributed by atoms with E-state index in [-0.39, 0.29) is 10.8 Å². The summed E-state index contributed by atoms with van der Waals surface area (Å²) in [7, 11) is 0. The van der Waals surface area contributed by atoms with Crippen LogP contribution in [0.15, 0.2) is 97.2 Å². The summed E-state index contributed by atoms with van der Waals surface area (Å²) in [5, 5.41) is 7.61. The molecule has 3 aromatic heterocycles. The summed E-state index contributed by atoms with van der Waals surface area (Å²) in [6.07, 6.45) is 5.07. The molecular weight excluding hydrogens is 637 g/mol. The Labute approximate surface area is 309 Å². The number of unbranched alkanes of at least 4 members (excludes halogenated alkanes) is 1. The van der Waals surface area contributed by atoms with Gasteiger partial charge < -0.3 is 4.74 Å². The van der Waals surface area contributed by atoms with E-state index in [1.807, 2.05) is 6.20 Å². The molecule has 7 rings (SSSR count). The van der Waals surface area contributed by atoms with Crippen LogP contribution in [0, 0.1) is 20.8 Å². The van der Waals surface area contributed by atoms with E-state index in [9.17, 15) is 0 Å². The fourth-order valence-electron chi connectivity index (χ4n) is 7.50. The number of aryl methyl sites for hydroxylation is 3. The maximum Gasteiger partial charge on any atom is 0.137 e. The van der Waals surface area contributed by atoms with Crippen LogP contribution in [0.3, 0.4) is 0 Å². The summed E-state index contributed by atoms with van der Waals surface area (Å²) in [6.45, 7) is 22.3. The van der Waals surface area contributed by atoms with E-state index < -0.39 is 0 Å². The molecule has 0 fully saturated rings. The molecular formula is C47H52N4O. The molecule has 0 aliphatic heterocycles. The van der Waals surface area contributed by atoms with Gasteiger partial charge in [-0.15, -0.1) is 0 Å². The van der Waals surface area contributed by atoms with Crippen LogP contribution in [-0.4, -0.2) is 19.3 Å². The largest absolute Gasteiger partial charge is 0.457 e. The predicted octanol–water partition coefficient (Wildman–Crippen LogP) is 12.7. The first-order chi connectivity index (χ1) is 24.7. The average Bonchev–Trinajstić information content (AvgIpc) is 3.60. The molecule has 0 aliphatic rings. The Morgan fingerprint density at radius 3 is 2.08 bits per heavy atom. The van der Waals surface area contributed by atoms with Gasteiger partial charge >= 0.3 is 0 Å². The summed E-state index contributed by atoms with van der Waals surface area (Å²) in [4.78, 5) is 4.88. The molecule has 7 aromatic rings. The first-order valence-electron chi connectivity index (χ1n) is 18.7. The van der Waals surface area contributed by atoms with Crippen molar-refractivity contribution in [2.24, 2.45) is 0 Å². The standard InChI is InChI=1S/C47H52N4O/c1-11-12-19-41-45(44-30(2)16-15-17-31(44)3)32(4)49-51(41)35-25-34(47(8,9)10)26-37(28-35)52-36-21-22-39-38-18-13-14-20-40(38)50(42(39)29-36)43-27-33(23-24-48-43)46(5,6)7/h13-18,20-29H,11-12,19H2,1-10H3. The number of pyridine rings is 1. The van der Waals surface area contributed by atoms with Crippen LogP contribution in [0.5, 0.6) is 11.5 Å². The highest BCUT2D eigenvalue weighted by molar-refractivity contribution is 6.09. The Balaban J connectivity index is 1.38. The van der Waals surface area contributed by atoms with E-state index in [2.05, 4.69) is 169 Å². The number of benzene rings is 4. The Bertz CT molecular complexity index is 2410. The van der Waals surface area contributed by atoms with E-state index in [1.54, 1.807) is 0 Å². The fraction of sp³-hybridized carbons (Fsp3) is 0.319. The third-order valence-corrected chi connectivity index (χ3v) is 10.4. The SMILES string of the molecule is CCCCc1c(-c2c(C)cccc2C)c(C)nn1-c1cc(Oc2ccc3c4ccccc4n(-c4cc(C(C)(C)C)ccn4)c3c2)cc(C(C)(C)C)c1. The van der Waals surface area contributed by atoms with E-state index in [1.165, 1.54) is 49.8 Å². The van der Waals surface area contributed by atoms with Crippen LogP contribution in [0.2, 0.25) is 0 Å². The summed E-state index contributed by atoms with van der Waals surface area (Å²) >= 11 is 0. The van der Waals surface area contributed by atoms with Crippen molar-refractivity contribution in [2.45, 2.75) is 99.3 Å². The van der Waals surface area contributed by atoms with Gasteiger partial charge in [0.05, 0.1) is 28.1 Å². The Hall–Kier alpha value is -5.16. The highest BCUT2D eigenvalue weighted by Gasteiger charge is 2.24. The molecule has 0 atom stereocenters. The Morgan fingerprint density at radius 1 is 0.654 bits per heavy atom. The minimum Gasteiger partial charge on any atom is -0.457 e. The van der Waals surface area contributed by atoms with E-state index in [0.29, 0.717) is 0 Å². The molecule has 3 heterocycles. The normalized spacial score (nSPS) is 12.3. The first kappa shape index (κ1) is 35.3. The van der Waals surface area contributed by atoms with Crippen molar-refractivity contribution >= 4 is 21.8 Å². The van der Waals surface area contributed by atoms with Gasteiger partial charge in [-0.2, -0.15) is 5.10 Å². The quantitative estimate of drug-likeness (QED) is 0.160.